The number of aromatic carboxylic acids is 1. The standard InChI is InChI=1S/C13H13NO4S2/c1-9-4-2-3-5-10(9)7-20(17,18)8-11-6-19-12(14-11)13(15)16/h2-6H,7-8H2,1H3,(H,15,16). The van der Waals surface area contributed by atoms with Gasteiger partial charge in [-0.1, -0.05) is 24.3 Å². The van der Waals surface area contributed by atoms with E-state index in [0.29, 0.717) is 0 Å². The number of hydrogen-bond donors (Lipinski definition) is 1. The number of aryl methyl sites for hydroxylation is 1. The number of aromatic nitrogens is 1. The van der Waals surface area contributed by atoms with Gasteiger partial charge in [0.1, 0.15) is 0 Å². The van der Waals surface area contributed by atoms with Gasteiger partial charge in [-0.3, -0.25) is 0 Å². The molecule has 5 nitrogen and oxygen atoms in total. The number of carboxylic acid groups (broad SMARTS) is 1. The van der Waals surface area contributed by atoms with Crippen molar-refractivity contribution in [3.05, 3.63) is 51.5 Å². The van der Waals surface area contributed by atoms with Crippen LogP contribution < -0.4 is 0 Å². The Bertz CT molecular complexity index is 734. The molecule has 0 saturated carbocycles. The summed E-state index contributed by atoms with van der Waals surface area (Å²) in [7, 11) is -3.37. The number of carbonyl (C=O) groups is 1. The van der Waals surface area contributed by atoms with Crippen molar-refractivity contribution >= 4 is 27.1 Å². The lowest BCUT2D eigenvalue weighted by atomic mass is 10.1. The third-order valence-corrected chi connectivity index (χ3v) is 5.10. The van der Waals surface area contributed by atoms with Gasteiger partial charge in [0.05, 0.1) is 17.2 Å². The molecule has 2 rings (SSSR count). The molecule has 0 spiro atoms. The van der Waals surface area contributed by atoms with Crippen molar-refractivity contribution in [1.29, 1.82) is 0 Å². The largest absolute Gasteiger partial charge is 0.476 e. The average molecular weight is 311 g/mol. The maximum Gasteiger partial charge on any atom is 0.365 e. The van der Waals surface area contributed by atoms with Crippen LogP contribution in [0.2, 0.25) is 0 Å². The van der Waals surface area contributed by atoms with Crippen molar-refractivity contribution in [2.45, 2.75) is 18.4 Å². The molecule has 0 aliphatic carbocycles. The van der Waals surface area contributed by atoms with Crippen LogP contribution in [0.3, 0.4) is 0 Å². The van der Waals surface area contributed by atoms with Gasteiger partial charge in [0.25, 0.3) is 0 Å². The summed E-state index contributed by atoms with van der Waals surface area (Å²) >= 11 is 0.933. The summed E-state index contributed by atoms with van der Waals surface area (Å²) in [6.07, 6.45) is 0. The van der Waals surface area contributed by atoms with Crippen LogP contribution in [-0.4, -0.2) is 24.5 Å². The number of nitrogens with zero attached hydrogens (tertiary/aromatic N) is 1. The van der Waals surface area contributed by atoms with Crippen LogP contribution >= 0.6 is 11.3 Å². The SMILES string of the molecule is Cc1ccccc1CS(=O)(=O)Cc1csc(C(=O)O)n1. The molecule has 1 N–H and O–H groups in total. The number of hydrogen-bond acceptors (Lipinski definition) is 5. The topological polar surface area (TPSA) is 84.3 Å². The number of thiazole rings is 1. The normalized spacial score (nSPS) is 11.4. The van der Waals surface area contributed by atoms with Gasteiger partial charge in [-0.15, -0.1) is 11.3 Å². The Morgan fingerprint density at radius 3 is 2.60 bits per heavy atom. The van der Waals surface area contributed by atoms with Gasteiger partial charge in [-0.25, -0.2) is 18.2 Å². The lowest BCUT2D eigenvalue weighted by Gasteiger charge is -2.05. The molecule has 1 heterocycles. The highest BCUT2D eigenvalue weighted by Crippen LogP contribution is 2.17. The van der Waals surface area contributed by atoms with Crippen molar-refractivity contribution in [1.82, 2.24) is 4.98 Å². The minimum absolute atomic E-state index is 0.0698. The quantitative estimate of drug-likeness (QED) is 0.915. The fourth-order valence-electron chi connectivity index (χ4n) is 1.76. The van der Waals surface area contributed by atoms with Crippen molar-refractivity contribution in [3.63, 3.8) is 0 Å². The molecular weight excluding hydrogens is 298 g/mol. The van der Waals surface area contributed by atoms with Crippen LogP contribution in [0, 0.1) is 6.92 Å². The van der Waals surface area contributed by atoms with E-state index in [9.17, 15) is 13.2 Å². The number of sulfone groups is 1. The van der Waals surface area contributed by atoms with E-state index in [1.807, 2.05) is 19.1 Å². The fraction of sp³-hybridized carbons (Fsp3) is 0.231. The smallest absolute Gasteiger partial charge is 0.365 e. The summed E-state index contributed by atoms with van der Waals surface area (Å²) < 4.78 is 24.2. The van der Waals surface area contributed by atoms with E-state index in [1.54, 1.807) is 12.1 Å². The first kappa shape index (κ1) is 14.7. The fourth-order valence-corrected chi connectivity index (χ4v) is 4.02. The molecule has 0 radical (unpaired) electrons. The molecule has 0 unspecified atom stereocenters. The van der Waals surface area contributed by atoms with Gasteiger partial charge in [-0.05, 0) is 18.1 Å². The molecule has 0 aliphatic heterocycles. The zero-order valence-electron chi connectivity index (χ0n) is 10.7. The Morgan fingerprint density at radius 1 is 1.30 bits per heavy atom. The van der Waals surface area contributed by atoms with E-state index < -0.39 is 15.8 Å². The Hall–Kier alpha value is -1.73. The minimum atomic E-state index is -3.37. The summed E-state index contributed by atoms with van der Waals surface area (Å²) in [5.74, 6) is -1.46. The van der Waals surface area contributed by atoms with Crippen LogP contribution in [0.4, 0.5) is 0 Å². The zero-order chi connectivity index (χ0) is 14.8. The van der Waals surface area contributed by atoms with Crippen LogP contribution in [0.25, 0.3) is 0 Å². The molecule has 0 amide bonds. The van der Waals surface area contributed by atoms with Gasteiger partial charge >= 0.3 is 5.97 Å². The van der Waals surface area contributed by atoms with Crippen LogP contribution in [0.1, 0.15) is 26.6 Å². The van der Waals surface area contributed by atoms with Crippen molar-refractivity contribution in [2.75, 3.05) is 0 Å². The molecule has 0 aliphatic rings. The summed E-state index contributed by atoms with van der Waals surface area (Å²) in [4.78, 5) is 14.5. The first-order valence-corrected chi connectivity index (χ1v) is 8.50. The van der Waals surface area contributed by atoms with E-state index >= 15 is 0 Å². The Kier molecular flexibility index (Phi) is 4.20. The number of carboxylic acids is 1. The van der Waals surface area contributed by atoms with E-state index in [4.69, 9.17) is 5.11 Å². The summed E-state index contributed by atoms with van der Waals surface area (Å²) in [6, 6.07) is 7.28. The van der Waals surface area contributed by atoms with E-state index in [-0.39, 0.29) is 22.2 Å². The predicted molar refractivity (Wildman–Crippen MR) is 76.6 cm³/mol. The summed E-state index contributed by atoms with van der Waals surface area (Å²) in [5, 5.41) is 10.1. The second-order valence-electron chi connectivity index (χ2n) is 4.41. The Labute approximate surface area is 120 Å². The molecule has 0 bridgehead atoms. The van der Waals surface area contributed by atoms with E-state index in [1.165, 1.54) is 5.38 Å². The van der Waals surface area contributed by atoms with Crippen LogP contribution in [0.5, 0.6) is 0 Å². The molecule has 0 atom stereocenters. The Morgan fingerprint density at radius 2 is 2.00 bits per heavy atom. The molecule has 106 valence electrons. The zero-order valence-corrected chi connectivity index (χ0v) is 12.4. The minimum Gasteiger partial charge on any atom is -0.476 e. The maximum atomic E-state index is 12.1. The van der Waals surface area contributed by atoms with Crippen molar-refractivity contribution in [2.24, 2.45) is 0 Å². The molecule has 20 heavy (non-hydrogen) atoms. The van der Waals surface area contributed by atoms with Crippen LogP contribution in [-0.2, 0) is 21.3 Å². The average Bonchev–Trinajstić information content (AvgIpc) is 2.79. The predicted octanol–water partition coefficient (Wildman–Crippen LogP) is 2.26. The van der Waals surface area contributed by atoms with Gasteiger partial charge in [-0.2, -0.15) is 0 Å². The lowest BCUT2D eigenvalue weighted by Crippen LogP contribution is -2.09. The second kappa shape index (κ2) is 5.72. The maximum absolute atomic E-state index is 12.1. The third-order valence-electron chi connectivity index (χ3n) is 2.74. The van der Waals surface area contributed by atoms with E-state index in [2.05, 4.69) is 4.98 Å². The van der Waals surface area contributed by atoms with Gasteiger partial charge < -0.3 is 5.11 Å². The highest BCUT2D eigenvalue weighted by Gasteiger charge is 2.17. The molecular formula is C13H13NO4S2. The number of benzene rings is 1. The molecule has 1 aromatic heterocycles. The molecule has 2 aromatic rings. The second-order valence-corrected chi connectivity index (χ2v) is 7.33. The van der Waals surface area contributed by atoms with Crippen LogP contribution in [0.15, 0.2) is 29.6 Å². The van der Waals surface area contributed by atoms with Gasteiger partial charge in [0.15, 0.2) is 9.84 Å². The lowest BCUT2D eigenvalue weighted by molar-refractivity contribution is 0.0696. The highest BCUT2D eigenvalue weighted by atomic mass is 32.2. The highest BCUT2D eigenvalue weighted by molar-refractivity contribution is 7.89. The van der Waals surface area contributed by atoms with E-state index in [0.717, 1.165) is 22.5 Å². The molecule has 7 heteroatoms. The molecule has 1 aromatic carbocycles. The van der Waals surface area contributed by atoms with Crippen molar-refractivity contribution < 1.29 is 18.3 Å². The van der Waals surface area contributed by atoms with Gasteiger partial charge in [0.2, 0.25) is 5.01 Å². The molecule has 0 saturated heterocycles. The Balaban J connectivity index is 2.15. The third kappa shape index (κ3) is 3.64. The summed E-state index contributed by atoms with van der Waals surface area (Å²) in [5.41, 5.74) is 1.95. The summed E-state index contributed by atoms with van der Waals surface area (Å²) in [6.45, 7) is 1.86. The first-order chi connectivity index (χ1) is 9.37. The van der Waals surface area contributed by atoms with Crippen molar-refractivity contribution in [3.8, 4) is 0 Å². The molecule has 0 fully saturated rings. The first-order valence-electron chi connectivity index (χ1n) is 5.80. The monoisotopic (exact) mass is 311 g/mol. The van der Waals surface area contributed by atoms with Gasteiger partial charge in [0, 0.05) is 5.38 Å². The number of rotatable bonds is 5.